The lowest BCUT2D eigenvalue weighted by Gasteiger charge is -2.25. The molecule has 5 heteroatoms. The molecule has 1 aromatic rings. The zero-order valence-electron chi connectivity index (χ0n) is 7.74. The fourth-order valence-electron chi connectivity index (χ4n) is 1.85. The summed E-state index contributed by atoms with van der Waals surface area (Å²) in [5.74, 6) is 0. The second kappa shape index (κ2) is 4.11. The smallest absolute Gasteiger partial charge is 0.203 e. The minimum atomic E-state index is 0.263. The predicted molar refractivity (Wildman–Crippen MR) is 53.8 cm³/mol. The van der Waals surface area contributed by atoms with Gasteiger partial charge in [0, 0.05) is 12.6 Å². The number of imidazole rings is 1. The van der Waals surface area contributed by atoms with Gasteiger partial charge in [-0.25, -0.2) is 4.98 Å². The lowest BCUT2D eigenvalue weighted by atomic mass is 10.1. The summed E-state index contributed by atoms with van der Waals surface area (Å²) in [6.45, 7) is 1.90. The first kappa shape index (κ1) is 9.68. The molecule has 0 bridgehead atoms. The lowest BCUT2D eigenvalue weighted by molar-refractivity contribution is 0.111. The number of aromatic nitrogens is 2. The number of piperidine rings is 1. The standard InChI is InChI=1S/C9H12ClN3O/c10-9-12-5-8(6-14)13(9)7-2-1-3-11-4-7/h5-7,11H,1-4H2. The van der Waals surface area contributed by atoms with Crippen molar-refractivity contribution in [2.45, 2.75) is 18.9 Å². The third-order valence-corrected chi connectivity index (χ3v) is 2.82. The van der Waals surface area contributed by atoms with E-state index in [2.05, 4.69) is 10.3 Å². The Labute approximate surface area is 87.3 Å². The highest BCUT2D eigenvalue weighted by Crippen LogP contribution is 2.22. The molecule has 1 atom stereocenters. The van der Waals surface area contributed by atoms with Crippen LogP contribution in [0.2, 0.25) is 5.28 Å². The van der Waals surface area contributed by atoms with Gasteiger partial charge in [0.25, 0.3) is 0 Å². The number of hydrogen-bond acceptors (Lipinski definition) is 3. The van der Waals surface area contributed by atoms with Crippen LogP contribution in [0.15, 0.2) is 6.20 Å². The van der Waals surface area contributed by atoms with Gasteiger partial charge < -0.3 is 9.88 Å². The molecule has 0 radical (unpaired) electrons. The van der Waals surface area contributed by atoms with Crippen LogP contribution in [-0.4, -0.2) is 28.9 Å². The molecule has 1 aliphatic heterocycles. The van der Waals surface area contributed by atoms with Crippen LogP contribution in [0.1, 0.15) is 29.4 Å². The normalized spacial score (nSPS) is 22.2. The molecular formula is C9H12ClN3O. The predicted octanol–water partition coefficient (Wildman–Crippen LogP) is 1.27. The van der Waals surface area contributed by atoms with Gasteiger partial charge in [0.2, 0.25) is 5.28 Å². The second-order valence-electron chi connectivity index (χ2n) is 3.44. The quantitative estimate of drug-likeness (QED) is 0.753. The highest BCUT2D eigenvalue weighted by atomic mass is 35.5. The van der Waals surface area contributed by atoms with Crippen molar-refractivity contribution in [3.05, 3.63) is 17.2 Å². The lowest BCUT2D eigenvalue weighted by Crippen LogP contribution is -2.32. The van der Waals surface area contributed by atoms with Crippen molar-refractivity contribution in [1.82, 2.24) is 14.9 Å². The molecule has 0 amide bonds. The fraction of sp³-hybridized carbons (Fsp3) is 0.556. The number of rotatable bonds is 2. The van der Waals surface area contributed by atoms with Crippen molar-refractivity contribution >= 4 is 17.9 Å². The molecule has 0 aromatic carbocycles. The number of nitrogens with one attached hydrogen (secondary N) is 1. The minimum Gasteiger partial charge on any atom is -0.315 e. The Morgan fingerprint density at radius 2 is 2.57 bits per heavy atom. The first-order valence-electron chi connectivity index (χ1n) is 4.71. The summed E-state index contributed by atoms with van der Waals surface area (Å²) in [7, 11) is 0. The highest BCUT2D eigenvalue weighted by Gasteiger charge is 2.19. The van der Waals surface area contributed by atoms with Crippen molar-refractivity contribution < 1.29 is 4.79 Å². The number of aldehydes is 1. The monoisotopic (exact) mass is 213 g/mol. The Bertz CT molecular complexity index is 331. The van der Waals surface area contributed by atoms with Gasteiger partial charge in [-0.15, -0.1) is 0 Å². The van der Waals surface area contributed by atoms with Crippen molar-refractivity contribution in [3.63, 3.8) is 0 Å². The van der Waals surface area contributed by atoms with E-state index >= 15 is 0 Å². The number of hydrogen-bond donors (Lipinski definition) is 1. The van der Waals surface area contributed by atoms with E-state index in [1.165, 1.54) is 6.20 Å². The van der Waals surface area contributed by atoms with Crippen LogP contribution in [-0.2, 0) is 0 Å². The van der Waals surface area contributed by atoms with E-state index in [-0.39, 0.29) is 6.04 Å². The highest BCUT2D eigenvalue weighted by molar-refractivity contribution is 6.28. The van der Waals surface area contributed by atoms with Crippen molar-refractivity contribution in [1.29, 1.82) is 0 Å². The summed E-state index contributed by atoms with van der Waals surface area (Å²) in [5, 5.41) is 3.68. The molecule has 1 unspecified atom stereocenters. The van der Waals surface area contributed by atoms with Gasteiger partial charge in [0.1, 0.15) is 5.69 Å². The van der Waals surface area contributed by atoms with Crippen LogP contribution in [0.25, 0.3) is 0 Å². The fourth-order valence-corrected chi connectivity index (χ4v) is 2.14. The molecule has 76 valence electrons. The van der Waals surface area contributed by atoms with Crippen LogP contribution >= 0.6 is 11.6 Å². The number of halogens is 1. The van der Waals surface area contributed by atoms with Crippen LogP contribution < -0.4 is 5.32 Å². The van der Waals surface area contributed by atoms with Gasteiger partial charge in [-0.2, -0.15) is 0 Å². The van der Waals surface area contributed by atoms with Gasteiger partial charge in [-0.1, -0.05) is 0 Å². The number of nitrogens with zero attached hydrogens (tertiary/aromatic N) is 2. The van der Waals surface area contributed by atoms with E-state index in [1.54, 1.807) is 4.57 Å². The zero-order valence-corrected chi connectivity index (χ0v) is 8.50. The molecule has 0 saturated carbocycles. The van der Waals surface area contributed by atoms with Crippen LogP contribution in [0.5, 0.6) is 0 Å². The molecule has 2 rings (SSSR count). The SMILES string of the molecule is O=Cc1cnc(Cl)n1C1CCCNC1. The van der Waals surface area contributed by atoms with Gasteiger partial charge in [0.15, 0.2) is 6.29 Å². The Balaban J connectivity index is 2.28. The molecule has 1 N–H and O–H groups in total. The van der Waals surface area contributed by atoms with E-state index in [0.29, 0.717) is 11.0 Å². The molecular weight excluding hydrogens is 202 g/mol. The summed E-state index contributed by atoms with van der Waals surface area (Å²) in [5.41, 5.74) is 0.559. The van der Waals surface area contributed by atoms with Crippen molar-refractivity contribution in [2.24, 2.45) is 0 Å². The van der Waals surface area contributed by atoms with Gasteiger partial charge >= 0.3 is 0 Å². The van der Waals surface area contributed by atoms with Gasteiger partial charge in [-0.05, 0) is 31.0 Å². The number of carbonyl (C=O) groups excluding carboxylic acids is 1. The number of carbonyl (C=O) groups is 1. The zero-order chi connectivity index (χ0) is 9.97. The molecule has 2 heterocycles. The van der Waals surface area contributed by atoms with Crippen LogP contribution in [0, 0.1) is 0 Å². The largest absolute Gasteiger partial charge is 0.315 e. The average Bonchev–Trinajstić information content (AvgIpc) is 2.61. The van der Waals surface area contributed by atoms with E-state index < -0.39 is 0 Å². The first-order valence-corrected chi connectivity index (χ1v) is 5.09. The summed E-state index contributed by atoms with van der Waals surface area (Å²) in [4.78, 5) is 14.7. The van der Waals surface area contributed by atoms with E-state index in [0.717, 1.165) is 32.2 Å². The van der Waals surface area contributed by atoms with E-state index in [1.807, 2.05) is 0 Å². The summed E-state index contributed by atoms with van der Waals surface area (Å²) >= 11 is 5.92. The van der Waals surface area contributed by atoms with Crippen LogP contribution in [0.4, 0.5) is 0 Å². The average molecular weight is 214 g/mol. The maximum Gasteiger partial charge on any atom is 0.203 e. The minimum absolute atomic E-state index is 0.263. The van der Waals surface area contributed by atoms with Gasteiger partial charge in [0.05, 0.1) is 6.20 Å². The van der Waals surface area contributed by atoms with Crippen LogP contribution in [0.3, 0.4) is 0 Å². The second-order valence-corrected chi connectivity index (χ2v) is 3.78. The maximum absolute atomic E-state index is 10.7. The summed E-state index contributed by atoms with van der Waals surface area (Å²) < 4.78 is 1.81. The first-order chi connectivity index (χ1) is 6.83. The topological polar surface area (TPSA) is 46.9 Å². The third kappa shape index (κ3) is 1.67. The molecule has 1 aliphatic rings. The van der Waals surface area contributed by atoms with Crippen molar-refractivity contribution in [3.8, 4) is 0 Å². The van der Waals surface area contributed by atoms with Gasteiger partial charge in [-0.3, -0.25) is 4.79 Å². The van der Waals surface area contributed by atoms with Crippen molar-refractivity contribution in [2.75, 3.05) is 13.1 Å². The summed E-state index contributed by atoms with van der Waals surface area (Å²) in [6, 6.07) is 0.263. The molecule has 1 saturated heterocycles. The third-order valence-electron chi connectivity index (χ3n) is 2.54. The molecule has 1 fully saturated rings. The Morgan fingerprint density at radius 3 is 3.21 bits per heavy atom. The molecule has 1 aromatic heterocycles. The molecule has 0 aliphatic carbocycles. The Kier molecular flexibility index (Phi) is 2.84. The molecule has 0 spiro atoms. The Morgan fingerprint density at radius 1 is 1.71 bits per heavy atom. The molecule has 4 nitrogen and oxygen atoms in total. The van der Waals surface area contributed by atoms with E-state index in [4.69, 9.17) is 11.6 Å². The summed E-state index contributed by atoms with van der Waals surface area (Å²) in [6.07, 6.45) is 4.47. The molecule has 14 heavy (non-hydrogen) atoms. The Hall–Kier alpha value is -0.870. The maximum atomic E-state index is 10.7. The van der Waals surface area contributed by atoms with E-state index in [9.17, 15) is 4.79 Å².